The van der Waals surface area contributed by atoms with Crippen LogP contribution in [0, 0.1) is 0 Å². The van der Waals surface area contributed by atoms with Crippen molar-refractivity contribution in [3.05, 3.63) is 36.4 Å². The molecule has 0 heterocycles. The fourth-order valence-electron chi connectivity index (χ4n) is 1.53. The predicted molar refractivity (Wildman–Crippen MR) is 71.6 cm³/mol. The van der Waals surface area contributed by atoms with Crippen molar-refractivity contribution in [2.24, 2.45) is 0 Å². The van der Waals surface area contributed by atoms with Gasteiger partial charge in [-0.3, -0.25) is 4.79 Å². The van der Waals surface area contributed by atoms with Crippen LogP contribution in [0.3, 0.4) is 0 Å². The average Bonchev–Trinajstić information content (AvgIpc) is 2.38. The fourth-order valence-corrected chi connectivity index (χ4v) is 1.53. The van der Waals surface area contributed by atoms with Crippen LogP contribution < -0.4 is 10.1 Å². The molecule has 0 saturated carbocycles. The maximum Gasteiger partial charge on any atom is 0.224 e. The summed E-state index contributed by atoms with van der Waals surface area (Å²) in [6, 6.07) is 5.23. The standard InChI is InChI=1S/C14H19NO3/c1-3-5-6-14(17)15-12-7-8-13(18-4-2)11(9-12)10-16/h3,7-9,16H,1,4-6,10H2,2H3,(H,15,17). The number of allylic oxidation sites excluding steroid dienone is 1. The van der Waals surface area contributed by atoms with E-state index in [0.717, 1.165) is 0 Å². The monoisotopic (exact) mass is 249 g/mol. The van der Waals surface area contributed by atoms with Crippen LogP contribution >= 0.6 is 0 Å². The fraction of sp³-hybridized carbons (Fsp3) is 0.357. The molecule has 0 aromatic heterocycles. The number of rotatable bonds is 7. The third kappa shape index (κ3) is 4.22. The molecule has 0 saturated heterocycles. The van der Waals surface area contributed by atoms with E-state index in [0.29, 0.717) is 36.4 Å². The van der Waals surface area contributed by atoms with Gasteiger partial charge in [0.25, 0.3) is 0 Å². The molecule has 0 aliphatic heterocycles. The van der Waals surface area contributed by atoms with E-state index in [4.69, 9.17) is 4.74 Å². The van der Waals surface area contributed by atoms with Gasteiger partial charge in [0, 0.05) is 17.7 Å². The number of hydrogen-bond donors (Lipinski definition) is 2. The van der Waals surface area contributed by atoms with E-state index in [1.807, 2.05) is 6.92 Å². The van der Waals surface area contributed by atoms with Crippen LogP contribution in [0.4, 0.5) is 5.69 Å². The van der Waals surface area contributed by atoms with Gasteiger partial charge in [-0.05, 0) is 31.5 Å². The third-order valence-electron chi connectivity index (χ3n) is 2.39. The van der Waals surface area contributed by atoms with Gasteiger partial charge in [0.1, 0.15) is 5.75 Å². The molecule has 0 unspecified atom stereocenters. The van der Waals surface area contributed by atoms with Crippen molar-refractivity contribution < 1.29 is 14.6 Å². The van der Waals surface area contributed by atoms with Crippen molar-refractivity contribution in [2.75, 3.05) is 11.9 Å². The van der Waals surface area contributed by atoms with E-state index in [2.05, 4.69) is 11.9 Å². The lowest BCUT2D eigenvalue weighted by molar-refractivity contribution is -0.116. The number of ether oxygens (including phenoxy) is 1. The van der Waals surface area contributed by atoms with Gasteiger partial charge in [-0.2, -0.15) is 0 Å². The molecular weight excluding hydrogens is 230 g/mol. The molecule has 2 N–H and O–H groups in total. The number of benzene rings is 1. The first-order chi connectivity index (χ1) is 8.71. The van der Waals surface area contributed by atoms with Gasteiger partial charge < -0.3 is 15.2 Å². The van der Waals surface area contributed by atoms with Gasteiger partial charge in [0.2, 0.25) is 5.91 Å². The molecule has 0 fully saturated rings. The summed E-state index contributed by atoms with van der Waals surface area (Å²) in [5, 5.41) is 12.0. The highest BCUT2D eigenvalue weighted by Gasteiger charge is 2.06. The number of carbonyl (C=O) groups excluding carboxylic acids is 1. The van der Waals surface area contributed by atoms with Gasteiger partial charge in [-0.25, -0.2) is 0 Å². The summed E-state index contributed by atoms with van der Waals surface area (Å²) in [5.41, 5.74) is 1.33. The molecule has 0 atom stereocenters. The zero-order valence-electron chi connectivity index (χ0n) is 10.6. The van der Waals surface area contributed by atoms with Gasteiger partial charge in [-0.1, -0.05) is 6.08 Å². The second kappa shape index (κ2) is 7.50. The molecule has 1 aromatic carbocycles. The largest absolute Gasteiger partial charge is 0.494 e. The van der Waals surface area contributed by atoms with E-state index < -0.39 is 0 Å². The minimum atomic E-state index is -0.119. The topological polar surface area (TPSA) is 58.6 Å². The Bertz CT molecular complexity index is 416. The Morgan fingerprint density at radius 3 is 2.94 bits per heavy atom. The molecule has 1 aromatic rings. The van der Waals surface area contributed by atoms with Crippen molar-refractivity contribution in [1.29, 1.82) is 0 Å². The normalized spacial score (nSPS) is 9.89. The SMILES string of the molecule is C=CCCC(=O)Nc1ccc(OCC)c(CO)c1. The summed E-state index contributed by atoms with van der Waals surface area (Å²) < 4.78 is 5.37. The quantitative estimate of drug-likeness (QED) is 0.730. The summed E-state index contributed by atoms with van der Waals surface area (Å²) in [5.74, 6) is 0.576. The molecule has 18 heavy (non-hydrogen) atoms. The summed E-state index contributed by atoms with van der Waals surface area (Å²) >= 11 is 0. The summed E-state index contributed by atoms with van der Waals surface area (Å²) in [4.78, 5) is 11.5. The number of carbonyl (C=O) groups is 1. The van der Waals surface area contributed by atoms with Crippen molar-refractivity contribution in [3.8, 4) is 5.75 Å². The number of aliphatic hydroxyl groups is 1. The molecule has 98 valence electrons. The molecule has 0 radical (unpaired) electrons. The molecule has 4 nitrogen and oxygen atoms in total. The Hall–Kier alpha value is -1.81. The smallest absolute Gasteiger partial charge is 0.224 e. The average molecular weight is 249 g/mol. The zero-order valence-corrected chi connectivity index (χ0v) is 10.6. The number of amides is 1. The molecule has 0 aliphatic carbocycles. The first-order valence-electron chi connectivity index (χ1n) is 5.98. The van der Waals surface area contributed by atoms with Crippen molar-refractivity contribution in [1.82, 2.24) is 0 Å². The summed E-state index contributed by atoms with van der Waals surface area (Å²) in [7, 11) is 0. The second-order valence-electron chi connectivity index (χ2n) is 3.79. The van der Waals surface area contributed by atoms with E-state index >= 15 is 0 Å². The maximum atomic E-state index is 11.5. The second-order valence-corrected chi connectivity index (χ2v) is 3.79. The van der Waals surface area contributed by atoms with E-state index in [9.17, 15) is 9.90 Å². The lowest BCUT2D eigenvalue weighted by Crippen LogP contribution is -2.11. The van der Waals surface area contributed by atoms with E-state index in [1.165, 1.54) is 0 Å². The van der Waals surface area contributed by atoms with Crippen LogP contribution in [-0.2, 0) is 11.4 Å². The van der Waals surface area contributed by atoms with E-state index in [-0.39, 0.29) is 12.5 Å². The van der Waals surface area contributed by atoms with Crippen molar-refractivity contribution >= 4 is 11.6 Å². The van der Waals surface area contributed by atoms with Crippen LogP contribution in [-0.4, -0.2) is 17.6 Å². The van der Waals surface area contributed by atoms with Crippen LogP contribution in [0.1, 0.15) is 25.3 Å². The van der Waals surface area contributed by atoms with E-state index in [1.54, 1.807) is 24.3 Å². The highest BCUT2D eigenvalue weighted by atomic mass is 16.5. The number of nitrogens with one attached hydrogen (secondary N) is 1. The highest BCUT2D eigenvalue weighted by molar-refractivity contribution is 5.90. The molecule has 1 amide bonds. The molecule has 4 heteroatoms. The summed E-state index contributed by atoms with van der Waals surface area (Å²) in [6.45, 7) is 5.87. The number of hydrogen-bond acceptors (Lipinski definition) is 3. The predicted octanol–water partition coefficient (Wildman–Crippen LogP) is 2.48. The first-order valence-corrected chi connectivity index (χ1v) is 5.98. The molecule has 0 aliphatic rings. The number of anilines is 1. The van der Waals surface area contributed by atoms with Gasteiger partial charge in [-0.15, -0.1) is 6.58 Å². The Kier molecular flexibility index (Phi) is 5.94. The highest BCUT2D eigenvalue weighted by Crippen LogP contribution is 2.23. The molecule has 1 rings (SSSR count). The zero-order chi connectivity index (χ0) is 13.4. The maximum absolute atomic E-state index is 11.5. The van der Waals surface area contributed by atoms with Crippen molar-refractivity contribution in [3.63, 3.8) is 0 Å². The summed E-state index contributed by atoms with van der Waals surface area (Å²) in [6.07, 6.45) is 2.76. The van der Waals surface area contributed by atoms with Gasteiger partial charge in [0.15, 0.2) is 0 Å². The Morgan fingerprint density at radius 2 is 2.33 bits per heavy atom. The molecule has 0 bridgehead atoms. The van der Waals surface area contributed by atoms with Crippen LogP contribution in [0.2, 0.25) is 0 Å². The lowest BCUT2D eigenvalue weighted by atomic mass is 10.2. The first kappa shape index (κ1) is 14.3. The minimum Gasteiger partial charge on any atom is -0.494 e. The lowest BCUT2D eigenvalue weighted by Gasteiger charge is -2.11. The van der Waals surface area contributed by atoms with Crippen LogP contribution in [0.15, 0.2) is 30.9 Å². The van der Waals surface area contributed by atoms with Crippen LogP contribution in [0.25, 0.3) is 0 Å². The van der Waals surface area contributed by atoms with Gasteiger partial charge >= 0.3 is 0 Å². The minimum absolute atomic E-state index is 0.0667. The molecular formula is C14H19NO3. The Morgan fingerprint density at radius 1 is 1.56 bits per heavy atom. The van der Waals surface area contributed by atoms with Gasteiger partial charge in [0.05, 0.1) is 13.2 Å². The number of aliphatic hydroxyl groups excluding tert-OH is 1. The Labute approximate surface area is 107 Å². The van der Waals surface area contributed by atoms with Crippen LogP contribution in [0.5, 0.6) is 5.75 Å². The third-order valence-corrected chi connectivity index (χ3v) is 2.39. The molecule has 0 spiro atoms. The Balaban J connectivity index is 2.72. The van der Waals surface area contributed by atoms with Crippen molar-refractivity contribution in [2.45, 2.75) is 26.4 Å².